The first-order valence-corrected chi connectivity index (χ1v) is 4.80. The standard InChI is InChI=1S/C12H12FNO/c1-3-9(7-14)12(15)11-5-4-10(13)6-8(11)2/h4-6,9H,3H2,1-2H3. The van der Waals surface area contributed by atoms with E-state index < -0.39 is 5.92 Å². The Balaban J connectivity index is 3.07. The smallest absolute Gasteiger partial charge is 0.180 e. The first-order chi connectivity index (χ1) is 7.10. The van der Waals surface area contributed by atoms with E-state index in [1.54, 1.807) is 13.8 Å². The van der Waals surface area contributed by atoms with E-state index in [-0.39, 0.29) is 11.6 Å². The van der Waals surface area contributed by atoms with Crippen molar-refractivity contribution in [3.05, 3.63) is 35.1 Å². The van der Waals surface area contributed by atoms with Gasteiger partial charge in [0.05, 0.1) is 6.07 Å². The van der Waals surface area contributed by atoms with Crippen molar-refractivity contribution < 1.29 is 9.18 Å². The minimum atomic E-state index is -0.630. The third-order valence-electron chi connectivity index (χ3n) is 2.33. The zero-order valence-electron chi connectivity index (χ0n) is 8.75. The number of carbonyl (C=O) groups is 1. The summed E-state index contributed by atoms with van der Waals surface area (Å²) < 4.78 is 12.8. The van der Waals surface area contributed by atoms with Gasteiger partial charge in [0.25, 0.3) is 0 Å². The molecule has 0 heterocycles. The lowest BCUT2D eigenvalue weighted by Crippen LogP contribution is -2.13. The van der Waals surface area contributed by atoms with Crippen LogP contribution in [-0.4, -0.2) is 5.78 Å². The van der Waals surface area contributed by atoms with Gasteiger partial charge in [-0.2, -0.15) is 5.26 Å². The maximum Gasteiger partial charge on any atom is 0.180 e. The summed E-state index contributed by atoms with van der Waals surface area (Å²) in [4.78, 5) is 11.8. The molecule has 1 rings (SSSR count). The fraction of sp³-hybridized carbons (Fsp3) is 0.333. The van der Waals surface area contributed by atoms with Crippen molar-refractivity contribution in [1.82, 2.24) is 0 Å². The highest BCUT2D eigenvalue weighted by Gasteiger charge is 2.19. The molecule has 0 N–H and O–H groups in total. The fourth-order valence-corrected chi connectivity index (χ4v) is 1.43. The monoisotopic (exact) mass is 205 g/mol. The van der Waals surface area contributed by atoms with E-state index in [1.165, 1.54) is 18.2 Å². The number of hydrogen-bond acceptors (Lipinski definition) is 2. The van der Waals surface area contributed by atoms with Crippen LogP contribution in [0.5, 0.6) is 0 Å². The second-order valence-corrected chi connectivity index (χ2v) is 3.41. The number of rotatable bonds is 3. The zero-order valence-corrected chi connectivity index (χ0v) is 8.75. The van der Waals surface area contributed by atoms with E-state index >= 15 is 0 Å². The molecule has 0 amide bonds. The maximum absolute atomic E-state index is 12.8. The molecule has 1 unspecified atom stereocenters. The van der Waals surface area contributed by atoms with Crippen molar-refractivity contribution in [1.29, 1.82) is 5.26 Å². The van der Waals surface area contributed by atoms with E-state index in [2.05, 4.69) is 0 Å². The molecule has 0 saturated carbocycles. The van der Waals surface area contributed by atoms with Gasteiger partial charge in [-0.25, -0.2) is 4.39 Å². The highest BCUT2D eigenvalue weighted by atomic mass is 19.1. The Morgan fingerprint density at radius 3 is 2.73 bits per heavy atom. The largest absolute Gasteiger partial charge is 0.293 e. The van der Waals surface area contributed by atoms with Crippen LogP contribution in [-0.2, 0) is 0 Å². The van der Waals surface area contributed by atoms with Gasteiger partial charge in [0, 0.05) is 5.56 Å². The summed E-state index contributed by atoms with van der Waals surface area (Å²) in [6, 6.07) is 5.93. The number of benzene rings is 1. The summed E-state index contributed by atoms with van der Waals surface area (Å²) >= 11 is 0. The van der Waals surface area contributed by atoms with Crippen molar-refractivity contribution in [2.24, 2.45) is 5.92 Å². The van der Waals surface area contributed by atoms with E-state index in [4.69, 9.17) is 5.26 Å². The number of Topliss-reactive ketones (excluding diaryl/α,β-unsaturated/α-hetero) is 1. The predicted octanol–water partition coefficient (Wildman–Crippen LogP) is 2.87. The fourth-order valence-electron chi connectivity index (χ4n) is 1.43. The van der Waals surface area contributed by atoms with Gasteiger partial charge < -0.3 is 0 Å². The predicted molar refractivity (Wildman–Crippen MR) is 54.9 cm³/mol. The van der Waals surface area contributed by atoms with Gasteiger partial charge in [-0.15, -0.1) is 0 Å². The molecule has 0 aliphatic carbocycles. The molecule has 3 heteroatoms. The molecule has 0 fully saturated rings. The summed E-state index contributed by atoms with van der Waals surface area (Å²) in [5, 5.41) is 8.76. The highest BCUT2D eigenvalue weighted by Crippen LogP contribution is 2.16. The van der Waals surface area contributed by atoms with Gasteiger partial charge in [-0.1, -0.05) is 6.92 Å². The summed E-state index contributed by atoms with van der Waals surface area (Å²) in [7, 11) is 0. The molecule has 0 radical (unpaired) electrons. The molecule has 1 aromatic rings. The first kappa shape index (κ1) is 11.4. The Morgan fingerprint density at radius 1 is 1.60 bits per heavy atom. The van der Waals surface area contributed by atoms with Crippen LogP contribution in [0.25, 0.3) is 0 Å². The minimum Gasteiger partial charge on any atom is -0.293 e. The molecule has 1 atom stereocenters. The van der Waals surface area contributed by atoms with Crippen molar-refractivity contribution in [2.75, 3.05) is 0 Å². The normalized spacial score (nSPS) is 11.9. The van der Waals surface area contributed by atoms with Crippen LogP contribution in [0.2, 0.25) is 0 Å². The average Bonchev–Trinajstić information content (AvgIpc) is 2.19. The second kappa shape index (κ2) is 4.70. The molecule has 2 nitrogen and oxygen atoms in total. The van der Waals surface area contributed by atoms with Crippen molar-refractivity contribution in [2.45, 2.75) is 20.3 Å². The average molecular weight is 205 g/mol. The Hall–Kier alpha value is -1.69. The number of ketones is 1. The van der Waals surface area contributed by atoms with Crippen LogP contribution in [0.1, 0.15) is 29.3 Å². The van der Waals surface area contributed by atoms with Crippen molar-refractivity contribution in [3.8, 4) is 6.07 Å². The first-order valence-electron chi connectivity index (χ1n) is 4.80. The molecule has 0 aromatic heterocycles. The van der Waals surface area contributed by atoms with E-state index in [0.717, 1.165) is 0 Å². The molecule has 0 bridgehead atoms. The van der Waals surface area contributed by atoms with Crippen molar-refractivity contribution >= 4 is 5.78 Å². The van der Waals surface area contributed by atoms with Crippen LogP contribution < -0.4 is 0 Å². The third-order valence-corrected chi connectivity index (χ3v) is 2.33. The van der Waals surface area contributed by atoms with Crippen LogP contribution >= 0.6 is 0 Å². The number of hydrogen-bond donors (Lipinski definition) is 0. The Morgan fingerprint density at radius 2 is 2.27 bits per heavy atom. The maximum atomic E-state index is 12.8. The summed E-state index contributed by atoms with van der Waals surface area (Å²) in [6.45, 7) is 3.45. The van der Waals surface area contributed by atoms with Crippen LogP contribution in [0, 0.1) is 30.0 Å². The topological polar surface area (TPSA) is 40.9 Å². The van der Waals surface area contributed by atoms with Gasteiger partial charge in [0.2, 0.25) is 0 Å². The minimum absolute atomic E-state index is 0.225. The molecular formula is C12H12FNO. The van der Waals surface area contributed by atoms with E-state index in [0.29, 0.717) is 17.5 Å². The number of carbonyl (C=O) groups excluding carboxylic acids is 1. The molecule has 1 aromatic carbocycles. The van der Waals surface area contributed by atoms with Gasteiger partial charge in [-0.3, -0.25) is 4.79 Å². The zero-order chi connectivity index (χ0) is 11.4. The Bertz CT molecular complexity index is 420. The second-order valence-electron chi connectivity index (χ2n) is 3.41. The molecule has 0 aliphatic rings. The van der Waals surface area contributed by atoms with Crippen LogP contribution in [0.3, 0.4) is 0 Å². The van der Waals surface area contributed by atoms with Gasteiger partial charge in [0.15, 0.2) is 5.78 Å². The summed E-state index contributed by atoms with van der Waals surface area (Å²) in [5.41, 5.74) is 1.01. The number of halogens is 1. The molecule has 0 aliphatic heterocycles. The summed E-state index contributed by atoms with van der Waals surface area (Å²) in [6.07, 6.45) is 0.478. The number of nitrogens with zero attached hydrogens (tertiary/aromatic N) is 1. The molecule has 0 saturated heterocycles. The van der Waals surface area contributed by atoms with Gasteiger partial charge in [-0.05, 0) is 37.1 Å². The Labute approximate surface area is 88.3 Å². The lowest BCUT2D eigenvalue weighted by atomic mass is 9.94. The van der Waals surface area contributed by atoms with E-state index in [1.807, 2.05) is 6.07 Å². The number of aryl methyl sites for hydroxylation is 1. The number of nitriles is 1. The lowest BCUT2D eigenvalue weighted by Gasteiger charge is -2.07. The quantitative estimate of drug-likeness (QED) is 0.712. The van der Waals surface area contributed by atoms with Gasteiger partial charge >= 0.3 is 0 Å². The van der Waals surface area contributed by atoms with E-state index in [9.17, 15) is 9.18 Å². The third kappa shape index (κ3) is 2.41. The van der Waals surface area contributed by atoms with Crippen LogP contribution in [0.15, 0.2) is 18.2 Å². The Kier molecular flexibility index (Phi) is 3.56. The molecule has 15 heavy (non-hydrogen) atoms. The highest BCUT2D eigenvalue weighted by molar-refractivity contribution is 6.00. The van der Waals surface area contributed by atoms with Crippen molar-refractivity contribution in [3.63, 3.8) is 0 Å². The molecular weight excluding hydrogens is 193 g/mol. The van der Waals surface area contributed by atoms with Gasteiger partial charge in [0.1, 0.15) is 11.7 Å². The molecule has 0 spiro atoms. The lowest BCUT2D eigenvalue weighted by molar-refractivity contribution is 0.0946. The van der Waals surface area contributed by atoms with Crippen LogP contribution in [0.4, 0.5) is 4.39 Å². The molecule has 78 valence electrons. The SMILES string of the molecule is CCC(C#N)C(=O)c1ccc(F)cc1C. The summed E-state index contributed by atoms with van der Waals surface area (Å²) in [5.74, 6) is -1.22.